The lowest BCUT2D eigenvalue weighted by atomic mass is 10.2. The van der Waals surface area contributed by atoms with Gasteiger partial charge in [-0.05, 0) is 46.7 Å². The number of halogens is 1. The van der Waals surface area contributed by atoms with Crippen molar-refractivity contribution in [2.45, 2.75) is 13.8 Å². The number of benzene rings is 1. The molecule has 0 aliphatic rings. The van der Waals surface area contributed by atoms with Gasteiger partial charge in [0.25, 0.3) is 10.2 Å². The second-order valence-corrected chi connectivity index (χ2v) is 7.09. The molecule has 8 heteroatoms. The Morgan fingerprint density at radius 1 is 1.42 bits per heavy atom. The van der Waals surface area contributed by atoms with Crippen LogP contribution in [0.5, 0.6) is 0 Å². The summed E-state index contributed by atoms with van der Waals surface area (Å²) in [6.45, 7) is 4.02. The van der Waals surface area contributed by atoms with Crippen LogP contribution in [0.3, 0.4) is 0 Å². The normalized spacial score (nSPS) is 11.6. The number of carboxylic acid groups (broad SMARTS) is 1. The Morgan fingerprint density at radius 2 is 2.05 bits per heavy atom. The van der Waals surface area contributed by atoms with E-state index in [0.717, 1.165) is 0 Å². The molecule has 0 radical (unpaired) electrons. The minimum atomic E-state index is -3.76. The molecule has 0 atom stereocenters. The third-order valence-corrected chi connectivity index (χ3v) is 3.84. The SMILES string of the molecule is CC(C)CNS(=O)(=O)Nc1ccc(I)cc1C(=O)O. The highest BCUT2D eigenvalue weighted by Crippen LogP contribution is 2.19. The first kappa shape index (κ1) is 16.2. The molecule has 0 heterocycles. The minimum absolute atomic E-state index is 0.0455. The van der Waals surface area contributed by atoms with Gasteiger partial charge < -0.3 is 5.11 Å². The number of rotatable bonds is 6. The van der Waals surface area contributed by atoms with Gasteiger partial charge in [-0.2, -0.15) is 13.1 Å². The molecule has 0 spiro atoms. The molecule has 0 aliphatic heterocycles. The van der Waals surface area contributed by atoms with E-state index in [1.54, 1.807) is 6.07 Å². The van der Waals surface area contributed by atoms with Gasteiger partial charge in [0.05, 0.1) is 11.3 Å². The summed E-state index contributed by atoms with van der Waals surface area (Å²) in [5.74, 6) is -1.02. The highest BCUT2D eigenvalue weighted by Gasteiger charge is 2.16. The maximum Gasteiger partial charge on any atom is 0.337 e. The van der Waals surface area contributed by atoms with Crippen molar-refractivity contribution in [2.24, 2.45) is 5.92 Å². The van der Waals surface area contributed by atoms with E-state index in [1.165, 1.54) is 12.1 Å². The molecule has 0 aromatic heterocycles. The Hall–Kier alpha value is -0.870. The standard InChI is InChI=1S/C11H15IN2O4S/c1-7(2)6-13-19(17,18)14-10-4-3-8(12)5-9(10)11(15)16/h3-5,7,13-14H,6H2,1-2H3,(H,15,16). The van der Waals surface area contributed by atoms with Crippen LogP contribution in [-0.2, 0) is 10.2 Å². The van der Waals surface area contributed by atoms with Gasteiger partial charge in [-0.15, -0.1) is 0 Å². The molecule has 0 saturated carbocycles. The fourth-order valence-corrected chi connectivity index (χ4v) is 2.82. The maximum absolute atomic E-state index is 11.7. The summed E-state index contributed by atoms with van der Waals surface area (Å²) < 4.78 is 28.8. The van der Waals surface area contributed by atoms with E-state index in [0.29, 0.717) is 3.57 Å². The lowest BCUT2D eigenvalue weighted by Crippen LogP contribution is -2.33. The summed E-state index contributed by atoms with van der Waals surface area (Å²) in [4.78, 5) is 11.1. The van der Waals surface area contributed by atoms with Gasteiger partial charge >= 0.3 is 5.97 Å². The number of aromatic carboxylic acids is 1. The van der Waals surface area contributed by atoms with Crippen molar-refractivity contribution in [1.29, 1.82) is 0 Å². The molecule has 0 amide bonds. The van der Waals surface area contributed by atoms with Crippen LogP contribution in [0, 0.1) is 9.49 Å². The Kier molecular flexibility index (Phi) is 5.56. The van der Waals surface area contributed by atoms with Crippen molar-refractivity contribution in [3.05, 3.63) is 27.3 Å². The van der Waals surface area contributed by atoms with Crippen LogP contribution in [0.2, 0.25) is 0 Å². The first-order valence-corrected chi connectivity index (χ1v) is 8.07. The number of carboxylic acids is 1. The summed E-state index contributed by atoms with van der Waals surface area (Å²) in [6.07, 6.45) is 0. The third kappa shape index (κ3) is 5.33. The van der Waals surface area contributed by atoms with Crippen LogP contribution in [0.25, 0.3) is 0 Å². The van der Waals surface area contributed by atoms with Crippen molar-refractivity contribution in [1.82, 2.24) is 4.72 Å². The average Bonchev–Trinajstić information content (AvgIpc) is 2.28. The fraction of sp³-hybridized carbons (Fsp3) is 0.364. The first-order valence-electron chi connectivity index (χ1n) is 5.51. The van der Waals surface area contributed by atoms with E-state index < -0.39 is 16.2 Å². The van der Waals surface area contributed by atoms with Crippen LogP contribution in [0.15, 0.2) is 18.2 Å². The number of nitrogens with one attached hydrogen (secondary N) is 2. The zero-order chi connectivity index (χ0) is 14.6. The topological polar surface area (TPSA) is 95.5 Å². The summed E-state index contributed by atoms with van der Waals surface area (Å²) in [5, 5.41) is 9.05. The molecule has 0 saturated heterocycles. The zero-order valence-electron chi connectivity index (χ0n) is 10.5. The molecule has 0 fully saturated rings. The molecule has 106 valence electrons. The highest BCUT2D eigenvalue weighted by atomic mass is 127. The van der Waals surface area contributed by atoms with Crippen molar-refractivity contribution >= 4 is 44.5 Å². The number of hydrogen-bond acceptors (Lipinski definition) is 3. The molecule has 19 heavy (non-hydrogen) atoms. The summed E-state index contributed by atoms with van der Waals surface area (Å²) in [6, 6.07) is 4.47. The Morgan fingerprint density at radius 3 is 2.58 bits per heavy atom. The second kappa shape index (κ2) is 6.53. The van der Waals surface area contributed by atoms with E-state index in [-0.39, 0.29) is 23.7 Å². The first-order chi connectivity index (χ1) is 8.71. The van der Waals surface area contributed by atoms with Gasteiger partial charge in [-0.1, -0.05) is 13.8 Å². The lowest BCUT2D eigenvalue weighted by molar-refractivity contribution is 0.0698. The van der Waals surface area contributed by atoms with E-state index in [2.05, 4.69) is 9.44 Å². The molecular weight excluding hydrogens is 383 g/mol. The minimum Gasteiger partial charge on any atom is -0.478 e. The number of carbonyl (C=O) groups is 1. The van der Waals surface area contributed by atoms with E-state index in [9.17, 15) is 13.2 Å². The lowest BCUT2D eigenvalue weighted by Gasteiger charge is -2.12. The Bertz CT molecular complexity index is 572. The van der Waals surface area contributed by atoms with Gasteiger partial charge in [0, 0.05) is 10.1 Å². The van der Waals surface area contributed by atoms with Gasteiger partial charge in [0.1, 0.15) is 0 Å². The van der Waals surface area contributed by atoms with Gasteiger partial charge in [0.15, 0.2) is 0 Å². The zero-order valence-corrected chi connectivity index (χ0v) is 13.4. The largest absolute Gasteiger partial charge is 0.478 e. The Balaban J connectivity index is 2.96. The smallest absolute Gasteiger partial charge is 0.337 e. The monoisotopic (exact) mass is 398 g/mol. The van der Waals surface area contributed by atoms with Crippen molar-refractivity contribution in [3.8, 4) is 0 Å². The molecule has 1 rings (SSSR count). The van der Waals surface area contributed by atoms with Gasteiger partial charge in [-0.3, -0.25) is 4.72 Å². The number of anilines is 1. The molecule has 1 aromatic carbocycles. The summed E-state index contributed by atoms with van der Waals surface area (Å²) >= 11 is 1.96. The van der Waals surface area contributed by atoms with E-state index in [4.69, 9.17) is 5.11 Å². The van der Waals surface area contributed by atoms with Crippen LogP contribution in [0.4, 0.5) is 5.69 Å². The highest BCUT2D eigenvalue weighted by molar-refractivity contribution is 14.1. The van der Waals surface area contributed by atoms with Crippen molar-refractivity contribution in [2.75, 3.05) is 11.3 Å². The molecule has 6 nitrogen and oxygen atoms in total. The summed E-state index contributed by atoms with van der Waals surface area (Å²) in [5.41, 5.74) is -0.0361. The van der Waals surface area contributed by atoms with E-state index >= 15 is 0 Å². The predicted octanol–water partition coefficient (Wildman–Crippen LogP) is 1.89. The molecule has 3 N–H and O–H groups in total. The maximum atomic E-state index is 11.7. The quantitative estimate of drug-likeness (QED) is 0.638. The van der Waals surface area contributed by atoms with Crippen molar-refractivity contribution in [3.63, 3.8) is 0 Å². The molecule has 0 bridgehead atoms. The molecule has 0 unspecified atom stereocenters. The fourth-order valence-electron chi connectivity index (χ4n) is 1.24. The van der Waals surface area contributed by atoms with Crippen LogP contribution < -0.4 is 9.44 Å². The van der Waals surface area contributed by atoms with Gasteiger partial charge in [0.2, 0.25) is 0 Å². The third-order valence-electron chi connectivity index (χ3n) is 2.14. The predicted molar refractivity (Wildman–Crippen MR) is 81.5 cm³/mol. The summed E-state index contributed by atoms with van der Waals surface area (Å²) in [7, 11) is -3.76. The molecule has 0 aliphatic carbocycles. The average molecular weight is 398 g/mol. The second-order valence-electron chi connectivity index (χ2n) is 4.34. The number of hydrogen-bond donors (Lipinski definition) is 3. The van der Waals surface area contributed by atoms with Crippen LogP contribution in [0.1, 0.15) is 24.2 Å². The van der Waals surface area contributed by atoms with Gasteiger partial charge in [-0.25, -0.2) is 4.79 Å². The molecule has 1 aromatic rings. The Labute approximate surface area is 125 Å². The van der Waals surface area contributed by atoms with Crippen LogP contribution >= 0.6 is 22.6 Å². The van der Waals surface area contributed by atoms with Crippen molar-refractivity contribution < 1.29 is 18.3 Å². The van der Waals surface area contributed by atoms with E-state index in [1.807, 2.05) is 36.4 Å². The molecular formula is C11H15IN2O4S. The van der Waals surface area contributed by atoms with Crippen LogP contribution in [-0.4, -0.2) is 26.0 Å².